The molecular weight excluding hydrogens is 376 g/mol. The Kier molecular flexibility index (Phi) is 5.13. The summed E-state index contributed by atoms with van der Waals surface area (Å²) in [5.74, 6) is -0.700. The van der Waals surface area contributed by atoms with Crippen LogP contribution in [0.25, 0.3) is 11.1 Å². The molecule has 4 nitrogen and oxygen atoms in total. The average Bonchev–Trinajstić information content (AvgIpc) is 2.65. The number of ether oxygens (including phenoxy) is 2. The molecule has 4 heteroatoms. The molecule has 0 bridgehead atoms. The van der Waals surface area contributed by atoms with E-state index in [0.29, 0.717) is 0 Å². The smallest absolute Gasteiger partial charge is 0.312 e. The standard InChI is InChI=1S/C26H32O4/c1-23(2,3)21(27)29-25(7)19-15-11-9-13-17(19)18-14-10-12-16-20(18)26(25,8)30-22(28)24(4,5)6/h9-16H,1-8H3. The van der Waals surface area contributed by atoms with E-state index in [1.165, 1.54) is 0 Å². The number of benzene rings is 2. The van der Waals surface area contributed by atoms with E-state index in [0.717, 1.165) is 22.3 Å². The summed E-state index contributed by atoms with van der Waals surface area (Å²) in [7, 11) is 0. The summed E-state index contributed by atoms with van der Waals surface area (Å²) in [5, 5.41) is 0. The van der Waals surface area contributed by atoms with Crippen molar-refractivity contribution in [1.82, 2.24) is 0 Å². The highest BCUT2D eigenvalue weighted by molar-refractivity contribution is 5.82. The predicted octanol–water partition coefficient (Wildman–Crippen LogP) is 5.98. The van der Waals surface area contributed by atoms with Crippen molar-refractivity contribution in [1.29, 1.82) is 0 Å². The number of rotatable bonds is 2. The molecule has 2 aromatic carbocycles. The molecule has 2 unspecified atom stereocenters. The minimum absolute atomic E-state index is 0.350. The molecule has 0 spiro atoms. The normalized spacial score (nSPS) is 23.2. The molecule has 3 rings (SSSR count). The van der Waals surface area contributed by atoms with Gasteiger partial charge in [-0.3, -0.25) is 9.59 Å². The van der Waals surface area contributed by atoms with Gasteiger partial charge in [0.25, 0.3) is 0 Å². The highest BCUT2D eigenvalue weighted by atomic mass is 16.6. The van der Waals surface area contributed by atoms with Crippen LogP contribution in [0.4, 0.5) is 0 Å². The van der Waals surface area contributed by atoms with Crippen LogP contribution in [0.5, 0.6) is 0 Å². The molecule has 0 amide bonds. The van der Waals surface area contributed by atoms with Crippen molar-refractivity contribution in [3.05, 3.63) is 59.7 Å². The second-order valence-electron chi connectivity index (χ2n) is 10.4. The van der Waals surface area contributed by atoms with E-state index in [2.05, 4.69) is 0 Å². The van der Waals surface area contributed by atoms with Crippen LogP contribution < -0.4 is 0 Å². The van der Waals surface area contributed by atoms with Crippen LogP contribution in [-0.2, 0) is 30.3 Å². The Hall–Kier alpha value is -2.62. The van der Waals surface area contributed by atoms with Gasteiger partial charge in [0.1, 0.15) is 0 Å². The van der Waals surface area contributed by atoms with Gasteiger partial charge < -0.3 is 9.47 Å². The van der Waals surface area contributed by atoms with Gasteiger partial charge in [0.15, 0.2) is 11.2 Å². The van der Waals surface area contributed by atoms with E-state index in [1.807, 2.05) is 104 Å². The molecule has 1 aliphatic rings. The fourth-order valence-electron chi connectivity index (χ4n) is 3.76. The fourth-order valence-corrected chi connectivity index (χ4v) is 3.76. The summed E-state index contributed by atoms with van der Waals surface area (Å²) in [4.78, 5) is 26.1. The van der Waals surface area contributed by atoms with Gasteiger partial charge in [-0.2, -0.15) is 0 Å². The van der Waals surface area contributed by atoms with Gasteiger partial charge in [0.05, 0.1) is 10.8 Å². The van der Waals surface area contributed by atoms with Gasteiger partial charge in [-0.05, 0) is 66.5 Å². The number of carbonyl (C=O) groups excluding carboxylic acids is 2. The molecule has 0 saturated heterocycles. The second kappa shape index (κ2) is 6.97. The Morgan fingerprint density at radius 1 is 0.633 bits per heavy atom. The van der Waals surface area contributed by atoms with Crippen molar-refractivity contribution in [2.45, 2.75) is 66.6 Å². The SMILES string of the molecule is CC(C)(C)C(=O)OC1(C)c2ccccc2-c2ccccc2C1(C)OC(=O)C(C)(C)C. The van der Waals surface area contributed by atoms with E-state index in [1.54, 1.807) is 0 Å². The third-order valence-electron chi connectivity index (χ3n) is 5.90. The zero-order chi connectivity index (χ0) is 22.5. The molecule has 0 heterocycles. The van der Waals surface area contributed by atoms with Crippen molar-refractivity contribution in [3.8, 4) is 11.1 Å². The van der Waals surface area contributed by atoms with E-state index in [9.17, 15) is 9.59 Å². The molecule has 0 saturated carbocycles. The highest BCUT2D eigenvalue weighted by Gasteiger charge is 2.59. The van der Waals surface area contributed by atoms with Gasteiger partial charge in [0, 0.05) is 11.1 Å². The Labute approximate surface area is 179 Å². The topological polar surface area (TPSA) is 52.6 Å². The van der Waals surface area contributed by atoms with Crippen LogP contribution in [0.2, 0.25) is 0 Å². The van der Waals surface area contributed by atoms with Gasteiger partial charge >= 0.3 is 11.9 Å². The maximum Gasteiger partial charge on any atom is 0.312 e. The molecule has 0 aromatic heterocycles. The summed E-state index contributed by atoms with van der Waals surface area (Å²) in [6, 6.07) is 15.7. The van der Waals surface area contributed by atoms with Gasteiger partial charge in [-0.1, -0.05) is 48.5 Å². The molecular formula is C26H32O4. The Balaban J connectivity index is 2.30. The Bertz CT molecular complexity index is 911. The first-order valence-corrected chi connectivity index (χ1v) is 10.4. The van der Waals surface area contributed by atoms with Crippen molar-refractivity contribution in [2.75, 3.05) is 0 Å². The van der Waals surface area contributed by atoms with Crippen LogP contribution in [0.15, 0.2) is 48.5 Å². The fraction of sp³-hybridized carbons (Fsp3) is 0.462. The maximum atomic E-state index is 13.1. The first-order valence-electron chi connectivity index (χ1n) is 10.4. The summed E-state index contributed by atoms with van der Waals surface area (Å²) in [6.07, 6.45) is 0. The molecule has 0 aliphatic heterocycles. The molecule has 0 radical (unpaired) electrons. The first-order chi connectivity index (χ1) is 13.7. The quantitative estimate of drug-likeness (QED) is 0.574. The largest absolute Gasteiger partial charge is 0.449 e. The number of carbonyl (C=O) groups is 2. The number of fused-ring (bicyclic) bond motifs is 3. The first kappa shape index (κ1) is 22.1. The van der Waals surface area contributed by atoms with Crippen molar-refractivity contribution >= 4 is 11.9 Å². The molecule has 1 aliphatic carbocycles. The zero-order valence-electron chi connectivity index (χ0n) is 19.3. The van der Waals surface area contributed by atoms with Crippen LogP contribution in [0.1, 0.15) is 66.5 Å². The minimum Gasteiger partial charge on any atom is -0.449 e. The van der Waals surface area contributed by atoms with E-state index in [-0.39, 0.29) is 11.9 Å². The second-order valence-corrected chi connectivity index (χ2v) is 10.4. The lowest BCUT2D eigenvalue weighted by molar-refractivity contribution is -0.223. The molecule has 2 aromatic rings. The van der Waals surface area contributed by atoms with Gasteiger partial charge in [0.2, 0.25) is 0 Å². The molecule has 30 heavy (non-hydrogen) atoms. The highest BCUT2D eigenvalue weighted by Crippen LogP contribution is 2.56. The Morgan fingerprint density at radius 3 is 1.23 bits per heavy atom. The monoisotopic (exact) mass is 408 g/mol. The molecule has 2 atom stereocenters. The lowest BCUT2D eigenvalue weighted by Gasteiger charge is -2.50. The summed E-state index contributed by atoms with van der Waals surface area (Å²) in [5.41, 5.74) is -0.223. The third-order valence-corrected chi connectivity index (χ3v) is 5.90. The maximum absolute atomic E-state index is 13.1. The Morgan fingerprint density at radius 2 is 0.933 bits per heavy atom. The van der Waals surface area contributed by atoms with Crippen LogP contribution >= 0.6 is 0 Å². The average molecular weight is 409 g/mol. The molecule has 0 N–H and O–H groups in total. The lowest BCUT2D eigenvalue weighted by atomic mass is 9.66. The summed E-state index contributed by atoms with van der Waals surface area (Å²) >= 11 is 0. The number of hydrogen-bond acceptors (Lipinski definition) is 4. The third kappa shape index (κ3) is 3.42. The molecule has 160 valence electrons. The summed E-state index contributed by atoms with van der Waals surface area (Å²) in [6.45, 7) is 14.6. The van der Waals surface area contributed by atoms with Crippen molar-refractivity contribution in [3.63, 3.8) is 0 Å². The van der Waals surface area contributed by atoms with Crippen molar-refractivity contribution in [2.24, 2.45) is 10.8 Å². The predicted molar refractivity (Wildman–Crippen MR) is 118 cm³/mol. The van der Waals surface area contributed by atoms with Gasteiger partial charge in [-0.15, -0.1) is 0 Å². The minimum atomic E-state index is -1.21. The molecule has 0 fully saturated rings. The number of hydrogen-bond donors (Lipinski definition) is 0. The van der Waals surface area contributed by atoms with Crippen LogP contribution in [-0.4, -0.2) is 11.9 Å². The van der Waals surface area contributed by atoms with E-state index in [4.69, 9.17) is 9.47 Å². The van der Waals surface area contributed by atoms with E-state index < -0.39 is 22.0 Å². The van der Waals surface area contributed by atoms with Crippen molar-refractivity contribution < 1.29 is 19.1 Å². The van der Waals surface area contributed by atoms with Gasteiger partial charge in [-0.25, -0.2) is 0 Å². The van der Waals surface area contributed by atoms with Crippen LogP contribution in [0, 0.1) is 10.8 Å². The summed E-state index contributed by atoms with van der Waals surface area (Å²) < 4.78 is 12.5. The lowest BCUT2D eigenvalue weighted by Crippen LogP contribution is -2.55. The van der Waals surface area contributed by atoms with E-state index >= 15 is 0 Å². The van der Waals surface area contributed by atoms with Crippen LogP contribution in [0.3, 0.4) is 0 Å². The zero-order valence-corrected chi connectivity index (χ0v) is 19.3. The number of esters is 2.